The van der Waals surface area contributed by atoms with Crippen molar-refractivity contribution in [3.8, 4) is 6.07 Å². The molecule has 3 aromatic carbocycles. The number of pyridine rings is 1. The third-order valence-corrected chi connectivity index (χ3v) is 5.45. The molecule has 2 heterocycles. The fraction of sp³-hybridized carbons (Fsp3) is 0.0370. The molecule has 2 aromatic heterocycles. The Morgan fingerprint density at radius 3 is 2.29 bits per heavy atom. The van der Waals surface area contributed by atoms with Gasteiger partial charge in [0, 0.05) is 16.7 Å². The van der Waals surface area contributed by atoms with E-state index in [1.54, 1.807) is 12.4 Å². The lowest BCUT2D eigenvalue weighted by Gasteiger charge is -2.13. The van der Waals surface area contributed by atoms with Crippen LogP contribution in [-0.4, -0.2) is 20.7 Å². The summed E-state index contributed by atoms with van der Waals surface area (Å²) >= 11 is 0. The monoisotopic (exact) mass is 446 g/mol. The number of hydrogen-bond donors (Lipinski definition) is 2. The lowest BCUT2D eigenvalue weighted by molar-refractivity contribution is 0.631. The van der Waals surface area contributed by atoms with Crippen LogP contribution in [0, 0.1) is 24.1 Å². The predicted octanol–water partition coefficient (Wildman–Crippen LogP) is 6.19. The van der Waals surface area contributed by atoms with Gasteiger partial charge < -0.3 is 10.3 Å². The molecule has 0 bridgehead atoms. The number of nitrogens with one attached hydrogen (secondary N) is 2. The van der Waals surface area contributed by atoms with Crippen LogP contribution in [0.4, 0.5) is 21.7 Å². The van der Waals surface area contributed by atoms with Gasteiger partial charge in [-0.25, -0.2) is 19.4 Å². The molecular weight excluding hydrogens is 427 g/mol. The highest BCUT2D eigenvalue weighted by molar-refractivity contribution is 6.14. The van der Waals surface area contributed by atoms with Crippen LogP contribution in [0.5, 0.6) is 0 Å². The van der Waals surface area contributed by atoms with E-state index >= 15 is 0 Å². The van der Waals surface area contributed by atoms with Crippen LogP contribution in [0.25, 0.3) is 11.0 Å². The number of fused-ring (bicyclic) bond motifs is 1. The lowest BCUT2D eigenvalue weighted by atomic mass is 10.0. The van der Waals surface area contributed by atoms with Gasteiger partial charge in [-0.1, -0.05) is 60.7 Å². The van der Waals surface area contributed by atoms with Crippen molar-refractivity contribution < 1.29 is 4.39 Å². The summed E-state index contributed by atoms with van der Waals surface area (Å²) in [6.45, 7) is 1.86. The van der Waals surface area contributed by atoms with Gasteiger partial charge in [-0.3, -0.25) is 0 Å². The second-order valence-corrected chi connectivity index (χ2v) is 7.66. The fourth-order valence-corrected chi connectivity index (χ4v) is 3.72. The Morgan fingerprint density at radius 1 is 1.00 bits per heavy atom. The summed E-state index contributed by atoms with van der Waals surface area (Å²) in [7, 11) is 0. The van der Waals surface area contributed by atoms with Crippen molar-refractivity contribution in [1.82, 2.24) is 15.0 Å². The minimum absolute atomic E-state index is 0.214. The number of benzene rings is 3. The molecule has 0 unspecified atom stereocenters. The highest BCUT2D eigenvalue weighted by atomic mass is 19.1. The van der Waals surface area contributed by atoms with Crippen LogP contribution in [0.15, 0.2) is 90.2 Å². The van der Waals surface area contributed by atoms with E-state index in [1.165, 1.54) is 12.1 Å². The van der Waals surface area contributed by atoms with Crippen molar-refractivity contribution >= 4 is 34.1 Å². The maximum atomic E-state index is 14.6. The number of aryl methyl sites for hydroxylation is 1. The molecule has 164 valence electrons. The van der Waals surface area contributed by atoms with E-state index in [0.717, 1.165) is 22.4 Å². The van der Waals surface area contributed by atoms with Gasteiger partial charge in [0.2, 0.25) is 0 Å². The van der Waals surface area contributed by atoms with Crippen molar-refractivity contribution in [2.45, 2.75) is 6.92 Å². The van der Waals surface area contributed by atoms with Crippen molar-refractivity contribution in [3.05, 3.63) is 113 Å². The Labute approximate surface area is 195 Å². The summed E-state index contributed by atoms with van der Waals surface area (Å²) in [6, 6.07) is 25.9. The number of rotatable bonds is 5. The third kappa shape index (κ3) is 4.00. The number of aliphatic imine (C=N–C) groups is 1. The standard InChI is InChI=1S/C27H19FN6/c1-17-23-25(31-16-30-23)27(34-26(17)32-22-13-12-18(15-29)14-21(22)28)33-24(19-8-4-2-5-9-19)20-10-6-3-7-11-20/h2-14,16H,1H3,(H,30,31)(H,32,34). The molecule has 5 aromatic rings. The van der Waals surface area contributed by atoms with Crippen molar-refractivity contribution in [3.63, 3.8) is 0 Å². The van der Waals surface area contributed by atoms with Gasteiger partial charge in [0.05, 0.1) is 34.9 Å². The molecule has 7 heteroatoms. The SMILES string of the molecule is Cc1c(Nc2ccc(C#N)cc2F)nc(N=C(c2ccccc2)c2ccccc2)c2[nH]cnc12. The Bertz CT molecular complexity index is 1510. The number of aromatic amines is 1. The minimum Gasteiger partial charge on any atom is -0.341 e. The smallest absolute Gasteiger partial charge is 0.180 e. The fourth-order valence-electron chi connectivity index (χ4n) is 3.72. The topological polar surface area (TPSA) is 89.8 Å². The van der Waals surface area contributed by atoms with Crippen LogP contribution in [0.1, 0.15) is 22.3 Å². The molecule has 5 rings (SSSR count). The Balaban J connectivity index is 1.67. The first-order valence-corrected chi connectivity index (χ1v) is 10.6. The molecule has 6 nitrogen and oxygen atoms in total. The number of nitriles is 1. The van der Waals surface area contributed by atoms with Gasteiger partial charge in [0.15, 0.2) is 5.82 Å². The average Bonchev–Trinajstić information content (AvgIpc) is 3.38. The maximum absolute atomic E-state index is 14.6. The van der Waals surface area contributed by atoms with Crippen molar-refractivity contribution in [2.24, 2.45) is 4.99 Å². The molecule has 0 amide bonds. The normalized spacial score (nSPS) is 10.6. The van der Waals surface area contributed by atoms with Crippen LogP contribution < -0.4 is 5.32 Å². The first-order valence-electron chi connectivity index (χ1n) is 10.6. The zero-order valence-corrected chi connectivity index (χ0v) is 18.2. The molecule has 0 aliphatic rings. The molecule has 0 saturated heterocycles. The highest BCUT2D eigenvalue weighted by Gasteiger charge is 2.16. The van der Waals surface area contributed by atoms with E-state index in [9.17, 15) is 4.39 Å². The molecule has 0 saturated carbocycles. The van der Waals surface area contributed by atoms with E-state index in [-0.39, 0.29) is 11.3 Å². The summed E-state index contributed by atoms with van der Waals surface area (Å²) in [4.78, 5) is 17.3. The summed E-state index contributed by atoms with van der Waals surface area (Å²) in [6.07, 6.45) is 1.59. The number of H-pyrrole nitrogens is 1. The number of aromatic nitrogens is 3. The molecule has 0 aliphatic carbocycles. The second-order valence-electron chi connectivity index (χ2n) is 7.66. The molecule has 0 atom stereocenters. The lowest BCUT2D eigenvalue weighted by Crippen LogP contribution is -2.04. The number of nitrogens with zero attached hydrogens (tertiary/aromatic N) is 4. The van der Waals surface area contributed by atoms with Gasteiger partial charge in [0.1, 0.15) is 17.2 Å². The quantitative estimate of drug-likeness (QED) is 0.315. The first-order chi connectivity index (χ1) is 16.6. The number of hydrogen-bond acceptors (Lipinski definition) is 5. The largest absolute Gasteiger partial charge is 0.341 e. The molecule has 2 N–H and O–H groups in total. The maximum Gasteiger partial charge on any atom is 0.180 e. The van der Waals surface area contributed by atoms with E-state index in [1.807, 2.05) is 73.7 Å². The van der Waals surface area contributed by atoms with Gasteiger partial charge >= 0.3 is 0 Å². The molecule has 0 radical (unpaired) electrons. The summed E-state index contributed by atoms with van der Waals surface area (Å²) in [5.41, 5.74) is 5.22. The minimum atomic E-state index is -0.540. The Kier molecular flexibility index (Phi) is 5.55. The third-order valence-electron chi connectivity index (χ3n) is 5.45. The zero-order valence-electron chi connectivity index (χ0n) is 18.2. The van der Waals surface area contributed by atoms with Crippen molar-refractivity contribution in [1.29, 1.82) is 5.26 Å². The van der Waals surface area contributed by atoms with Crippen molar-refractivity contribution in [2.75, 3.05) is 5.32 Å². The van der Waals surface area contributed by atoms with E-state index in [4.69, 9.17) is 15.2 Å². The predicted molar refractivity (Wildman–Crippen MR) is 131 cm³/mol. The van der Waals surface area contributed by atoms with Crippen LogP contribution in [0.2, 0.25) is 0 Å². The van der Waals surface area contributed by atoms with Crippen LogP contribution in [0.3, 0.4) is 0 Å². The first kappa shape index (κ1) is 21.0. The Morgan fingerprint density at radius 2 is 1.68 bits per heavy atom. The second kappa shape index (κ2) is 8.96. The summed E-state index contributed by atoms with van der Waals surface area (Å²) < 4.78 is 14.6. The molecular formula is C27H19FN6. The van der Waals surface area contributed by atoms with Gasteiger partial charge in [0.25, 0.3) is 0 Å². The molecule has 0 spiro atoms. The molecule has 34 heavy (non-hydrogen) atoms. The number of imidazole rings is 1. The van der Waals surface area contributed by atoms with Gasteiger partial charge in [-0.15, -0.1) is 0 Å². The van der Waals surface area contributed by atoms with Crippen LogP contribution >= 0.6 is 0 Å². The summed E-state index contributed by atoms with van der Waals surface area (Å²) in [5.74, 6) is 0.321. The van der Waals surface area contributed by atoms with Gasteiger partial charge in [-0.2, -0.15) is 5.26 Å². The summed E-state index contributed by atoms with van der Waals surface area (Å²) in [5, 5.41) is 12.1. The van der Waals surface area contributed by atoms with Gasteiger partial charge in [-0.05, 0) is 25.1 Å². The zero-order chi connectivity index (χ0) is 23.5. The average molecular weight is 446 g/mol. The number of anilines is 2. The van der Waals surface area contributed by atoms with E-state index in [0.29, 0.717) is 22.7 Å². The number of halogens is 1. The highest BCUT2D eigenvalue weighted by Crippen LogP contribution is 2.32. The Hall–Kier alpha value is -4.83. The molecule has 0 aliphatic heterocycles. The van der Waals surface area contributed by atoms with Crippen LogP contribution in [-0.2, 0) is 0 Å². The van der Waals surface area contributed by atoms with E-state index in [2.05, 4.69) is 15.3 Å². The molecule has 0 fully saturated rings. The van der Waals surface area contributed by atoms with E-state index < -0.39 is 5.82 Å².